The van der Waals surface area contributed by atoms with Crippen LogP contribution in [0.4, 0.5) is 0 Å². The van der Waals surface area contributed by atoms with Gasteiger partial charge >= 0.3 is 0 Å². The molecule has 1 atom stereocenters. The Morgan fingerprint density at radius 3 is 3.14 bits per heavy atom. The lowest BCUT2D eigenvalue weighted by Crippen LogP contribution is -2.11. The molecule has 0 aliphatic carbocycles. The summed E-state index contributed by atoms with van der Waals surface area (Å²) in [4.78, 5) is 14.3. The van der Waals surface area contributed by atoms with E-state index in [-0.39, 0.29) is 12.5 Å². The molecule has 1 aliphatic heterocycles. The van der Waals surface area contributed by atoms with Crippen LogP contribution < -0.4 is 0 Å². The average molecular weight is 196 g/mol. The van der Waals surface area contributed by atoms with Crippen LogP contribution in [0.25, 0.3) is 0 Å². The highest BCUT2D eigenvalue weighted by atomic mass is 16.5. The third-order valence-electron chi connectivity index (χ3n) is 2.20. The summed E-state index contributed by atoms with van der Waals surface area (Å²) in [5.41, 5.74) is 0. The molecule has 1 aliphatic rings. The van der Waals surface area contributed by atoms with E-state index in [2.05, 4.69) is 10.1 Å². The Bertz CT molecular complexity index is 305. The Hall–Kier alpha value is -1.23. The highest BCUT2D eigenvalue weighted by molar-refractivity contribution is 5.52. The van der Waals surface area contributed by atoms with Crippen LogP contribution in [-0.2, 0) is 16.0 Å². The molecule has 0 spiro atoms. The molecule has 1 saturated heterocycles. The SMILES string of the molecule is O=CCc1noc(C2CCCCO2)n1. The third-order valence-corrected chi connectivity index (χ3v) is 2.20. The Balaban J connectivity index is 2.03. The monoisotopic (exact) mass is 196 g/mol. The first-order valence-electron chi connectivity index (χ1n) is 4.78. The van der Waals surface area contributed by atoms with Crippen LogP contribution in [0.5, 0.6) is 0 Å². The molecule has 5 nitrogen and oxygen atoms in total. The summed E-state index contributed by atoms with van der Waals surface area (Å²) >= 11 is 0. The summed E-state index contributed by atoms with van der Waals surface area (Å²) < 4.78 is 10.5. The second kappa shape index (κ2) is 4.32. The van der Waals surface area contributed by atoms with E-state index >= 15 is 0 Å². The lowest BCUT2D eigenvalue weighted by Gasteiger charge is -2.18. The van der Waals surface area contributed by atoms with Crippen molar-refractivity contribution in [3.05, 3.63) is 11.7 Å². The van der Waals surface area contributed by atoms with Crippen molar-refractivity contribution in [2.24, 2.45) is 0 Å². The lowest BCUT2D eigenvalue weighted by molar-refractivity contribution is -0.107. The van der Waals surface area contributed by atoms with E-state index in [4.69, 9.17) is 9.26 Å². The van der Waals surface area contributed by atoms with E-state index in [0.29, 0.717) is 11.7 Å². The van der Waals surface area contributed by atoms with Gasteiger partial charge in [-0.25, -0.2) is 0 Å². The number of carbonyl (C=O) groups is 1. The molecule has 0 amide bonds. The average Bonchev–Trinajstić information content (AvgIpc) is 2.68. The second-order valence-electron chi connectivity index (χ2n) is 3.27. The number of hydrogen-bond acceptors (Lipinski definition) is 5. The van der Waals surface area contributed by atoms with Crippen molar-refractivity contribution in [2.75, 3.05) is 6.61 Å². The summed E-state index contributed by atoms with van der Waals surface area (Å²) in [7, 11) is 0. The Morgan fingerprint density at radius 2 is 2.43 bits per heavy atom. The lowest BCUT2D eigenvalue weighted by atomic mass is 10.1. The number of hydrogen-bond donors (Lipinski definition) is 0. The molecule has 5 heteroatoms. The second-order valence-corrected chi connectivity index (χ2v) is 3.27. The highest BCUT2D eigenvalue weighted by Crippen LogP contribution is 2.26. The maximum absolute atomic E-state index is 10.2. The van der Waals surface area contributed by atoms with Crippen LogP contribution in [0.3, 0.4) is 0 Å². The van der Waals surface area contributed by atoms with Gasteiger partial charge in [0.2, 0.25) is 0 Å². The van der Waals surface area contributed by atoms with Crippen LogP contribution in [0.2, 0.25) is 0 Å². The molecule has 76 valence electrons. The predicted octanol–water partition coefficient (Wildman–Crippen LogP) is 1.05. The quantitative estimate of drug-likeness (QED) is 0.676. The molecule has 0 saturated carbocycles. The molecule has 1 unspecified atom stereocenters. The van der Waals surface area contributed by atoms with Gasteiger partial charge in [0.1, 0.15) is 12.4 Å². The van der Waals surface area contributed by atoms with E-state index in [1.807, 2.05) is 0 Å². The van der Waals surface area contributed by atoms with Crippen LogP contribution >= 0.6 is 0 Å². The Kier molecular flexibility index (Phi) is 2.88. The van der Waals surface area contributed by atoms with Crippen molar-refractivity contribution in [1.29, 1.82) is 0 Å². The van der Waals surface area contributed by atoms with Gasteiger partial charge < -0.3 is 14.1 Å². The van der Waals surface area contributed by atoms with Gasteiger partial charge in [-0.3, -0.25) is 0 Å². The minimum Gasteiger partial charge on any atom is -0.368 e. The normalized spacial score (nSPS) is 22.1. The fraction of sp³-hybridized carbons (Fsp3) is 0.667. The number of ether oxygens (including phenoxy) is 1. The van der Waals surface area contributed by atoms with Crippen molar-refractivity contribution >= 4 is 6.29 Å². The topological polar surface area (TPSA) is 65.2 Å². The number of rotatable bonds is 3. The van der Waals surface area contributed by atoms with E-state index < -0.39 is 0 Å². The Morgan fingerprint density at radius 1 is 1.50 bits per heavy atom. The zero-order valence-corrected chi connectivity index (χ0v) is 7.81. The van der Waals surface area contributed by atoms with Crippen LogP contribution in [0, 0.1) is 0 Å². The molecule has 1 fully saturated rings. The minimum absolute atomic E-state index is 0.0725. The van der Waals surface area contributed by atoms with Crippen molar-refractivity contribution < 1.29 is 14.1 Å². The van der Waals surface area contributed by atoms with Crippen LogP contribution in [0.1, 0.15) is 37.1 Å². The summed E-state index contributed by atoms with van der Waals surface area (Å²) in [5, 5.41) is 3.68. The van der Waals surface area contributed by atoms with Gasteiger partial charge in [-0.1, -0.05) is 5.16 Å². The van der Waals surface area contributed by atoms with Crippen molar-refractivity contribution in [3.63, 3.8) is 0 Å². The zero-order chi connectivity index (χ0) is 9.80. The molecule has 14 heavy (non-hydrogen) atoms. The minimum atomic E-state index is -0.0725. The predicted molar refractivity (Wildman–Crippen MR) is 46.6 cm³/mol. The molecular formula is C9H12N2O3. The van der Waals surface area contributed by atoms with E-state index in [0.717, 1.165) is 32.2 Å². The summed E-state index contributed by atoms with van der Waals surface area (Å²) in [6.07, 6.45) is 4.02. The van der Waals surface area contributed by atoms with Crippen LogP contribution in [-0.4, -0.2) is 23.0 Å². The zero-order valence-electron chi connectivity index (χ0n) is 7.81. The van der Waals surface area contributed by atoms with Gasteiger partial charge in [0, 0.05) is 6.61 Å². The Labute approximate surface area is 81.4 Å². The van der Waals surface area contributed by atoms with E-state index in [1.165, 1.54) is 0 Å². The molecule has 0 bridgehead atoms. The molecule has 0 N–H and O–H groups in total. The maximum Gasteiger partial charge on any atom is 0.255 e. The van der Waals surface area contributed by atoms with Crippen molar-refractivity contribution in [3.8, 4) is 0 Å². The third kappa shape index (κ3) is 1.98. The molecule has 1 aromatic rings. The maximum atomic E-state index is 10.2. The number of carbonyl (C=O) groups excluding carboxylic acids is 1. The fourth-order valence-electron chi connectivity index (χ4n) is 1.49. The van der Waals surface area contributed by atoms with Gasteiger partial charge in [-0.05, 0) is 19.3 Å². The first-order chi connectivity index (χ1) is 6.90. The summed E-state index contributed by atoms with van der Waals surface area (Å²) in [5.74, 6) is 0.936. The molecule has 2 heterocycles. The fourth-order valence-corrected chi connectivity index (χ4v) is 1.49. The molecule has 0 aromatic carbocycles. The highest BCUT2D eigenvalue weighted by Gasteiger charge is 2.21. The smallest absolute Gasteiger partial charge is 0.255 e. The van der Waals surface area contributed by atoms with E-state index in [1.54, 1.807) is 0 Å². The number of aldehydes is 1. The number of nitrogens with zero attached hydrogens (tertiary/aromatic N) is 2. The largest absolute Gasteiger partial charge is 0.368 e. The summed E-state index contributed by atoms with van der Waals surface area (Å²) in [6, 6.07) is 0. The number of aromatic nitrogens is 2. The van der Waals surface area contributed by atoms with Gasteiger partial charge in [-0.15, -0.1) is 0 Å². The summed E-state index contributed by atoms with van der Waals surface area (Å²) in [6.45, 7) is 0.746. The first-order valence-corrected chi connectivity index (χ1v) is 4.78. The van der Waals surface area contributed by atoms with E-state index in [9.17, 15) is 4.79 Å². The standard InChI is InChI=1S/C9H12N2O3/c12-5-4-8-10-9(14-11-8)7-3-1-2-6-13-7/h5,7H,1-4,6H2. The molecule has 1 aromatic heterocycles. The van der Waals surface area contributed by atoms with Crippen molar-refractivity contribution in [1.82, 2.24) is 10.1 Å². The van der Waals surface area contributed by atoms with Gasteiger partial charge in [0.25, 0.3) is 5.89 Å². The van der Waals surface area contributed by atoms with Gasteiger partial charge in [-0.2, -0.15) is 4.98 Å². The van der Waals surface area contributed by atoms with Gasteiger partial charge in [0.05, 0.1) is 6.42 Å². The van der Waals surface area contributed by atoms with Gasteiger partial charge in [0.15, 0.2) is 5.82 Å². The van der Waals surface area contributed by atoms with Crippen LogP contribution in [0.15, 0.2) is 4.52 Å². The first kappa shape index (κ1) is 9.33. The molecular weight excluding hydrogens is 184 g/mol. The molecule has 0 radical (unpaired) electrons. The molecule has 2 rings (SSSR count). The van der Waals surface area contributed by atoms with Crippen molar-refractivity contribution in [2.45, 2.75) is 31.8 Å².